The van der Waals surface area contributed by atoms with Gasteiger partial charge in [-0.15, -0.1) is 0 Å². The number of carboxylic acid groups (broad SMARTS) is 1. The van der Waals surface area contributed by atoms with Crippen LogP contribution in [0.4, 0.5) is 13.6 Å². The topological polar surface area (TPSA) is 75.6 Å². The van der Waals surface area contributed by atoms with Crippen molar-refractivity contribution >= 4 is 12.1 Å². The van der Waals surface area contributed by atoms with Crippen LogP contribution in [0.3, 0.4) is 0 Å². The number of benzene rings is 2. The molecule has 0 radical (unpaired) electrons. The van der Waals surface area contributed by atoms with Gasteiger partial charge >= 0.3 is 12.1 Å². The summed E-state index contributed by atoms with van der Waals surface area (Å²) in [6, 6.07) is 15.7. The number of ether oxygens (including phenoxy) is 1. The molecule has 148 valence electrons. The van der Waals surface area contributed by atoms with Crippen LogP contribution in [0.2, 0.25) is 0 Å². The first-order valence-corrected chi connectivity index (χ1v) is 8.90. The van der Waals surface area contributed by atoms with Crippen molar-refractivity contribution < 1.29 is 28.2 Å². The Hall–Kier alpha value is -2.96. The van der Waals surface area contributed by atoms with Gasteiger partial charge in [-0.1, -0.05) is 55.5 Å². The van der Waals surface area contributed by atoms with Gasteiger partial charge in [0.25, 0.3) is 0 Å². The number of fused-ring (bicyclic) bond motifs is 3. The van der Waals surface area contributed by atoms with Crippen LogP contribution in [0.1, 0.15) is 30.4 Å². The number of hydrogen-bond donors (Lipinski definition) is 2. The maximum absolute atomic E-state index is 13.2. The quantitative estimate of drug-likeness (QED) is 0.742. The summed E-state index contributed by atoms with van der Waals surface area (Å²) in [5, 5.41) is 11.1. The van der Waals surface area contributed by atoms with Gasteiger partial charge in [0, 0.05) is 12.5 Å². The van der Waals surface area contributed by atoms with E-state index in [1.165, 1.54) is 0 Å². The van der Waals surface area contributed by atoms with Crippen molar-refractivity contribution in [3.05, 3.63) is 59.7 Å². The van der Waals surface area contributed by atoms with E-state index in [1.54, 1.807) is 0 Å². The number of halogens is 2. The minimum absolute atomic E-state index is 0.0597. The Bertz CT molecular complexity index is 841. The highest BCUT2D eigenvalue weighted by molar-refractivity contribution is 5.79. The summed E-state index contributed by atoms with van der Waals surface area (Å²) in [6.45, 7) is 0.688. The molecule has 28 heavy (non-hydrogen) atoms. The maximum Gasteiger partial charge on any atom is 0.407 e. The van der Waals surface area contributed by atoms with Gasteiger partial charge in [0.05, 0.1) is 11.8 Å². The van der Waals surface area contributed by atoms with Gasteiger partial charge in [-0.25, -0.2) is 13.6 Å². The van der Waals surface area contributed by atoms with Gasteiger partial charge < -0.3 is 15.2 Å². The number of hydrogen-bond acceptors (Lipinski definition) is 3. The van der Waals surface area contributed by atoms with Crippen molar-refractivity contribution in [2.45, 2.75) is 25.7 Å². The summed E-state index contributed by atoms with van der Waals surface area (Å²) in [5.41, 5.74) is 2.38. The van der Waals surface area contributed by atoms with E-state index < -0.39 is 36.9 Å². The molecule has 0 aromatic heterocycles. The molecule has 1 aliphatic carbocycles. The van der Waals surface area contributed by atoms with Gasteiger partial charge in [0.2, 0.25) is 6.43 Å². The third-order valence-electron chi connectivity index (χ3n) is 5.06. The number of carboxylic acids is 1. The van der Waals surface area contributed by atoms with Gasteiger partial charge in [-0.05, 0) is 22.3 Å². The molecule has 1 atom stereocenters. The molecule has 2 N–H and O–H groups in total. The molecule has 0 fully saturated rings. The third kappa shape index (κ3) is 3.98. The van der Waals surface area contributed by atoms with Crippen LogP contribution in [0.25, 0.3) is 11.1 Å². The van der Waals surface area contributed by atoms with Gasteiger partial charge in [0.1, 0.15) is 6.61 Å². The molecule has 0 spiro atoms. The molecular weight excluding hydrogens is 368 g/mol. The highest BCUT2D eigenvalue weighted by Crippen LogP contribution is 2.44. The summed E-state index contributed by atoms with van der Waals surface area (Å²) in [5.74, 6) is -1.49. The largest absolute Gasteiger partial charge is 0.481 e. The highest BCUT2D eigenvalue weighted by Gasteiger charge is 2.38. The molecule has 0 saturated heterocycles. The van der Waals surface area contributed by atoms with E-state index in [2.05, 4.69) is 5.32 Å². The lowest BCUT2D eigenvalue weighted by atomic mass is 9.87. The lowest BCUT2D eigenvalue weighted by Crippen LogP contribution is -2.42. The Balaban J connectivity index is 1.64. The van der Waals surface area contributed by atoms with Crippen LogP contribution in [0.5, 0.6) is 0 Å². The number of carbonyl (C=O) groups is 2. The van der Waals surface area contributed by atoms with Gasteiger partial charge in [0.15, 0.2) is 0 Å². The number of aliphatic carboxylic acids is 1. The van der Waals surface area contributed by atoms with Crippen LogP contribution < -0.4 is 5.32 Å². The van der Waals surface area contributed by atoms with Gasteiger partial charge in [-0.2, -0.15) is 0 Å². The zero-order valence-corrected chi connectivity index (χ0v) is 15.3. The average molecular weight is 389 g/mol. The Morgan fingerprint density at radius 3 is 2.14 bits per heavy atom. The predicted octanol–water partition coefficient (Wildman–Crippen LogP) is 4.27. The van der Waals surface area contributed by atoms with Crippen molar-refractivity contribution in [3.8, 4) is 11.1 Å². The fourth-order valence-electron chi connectivity index (χ4n) is 3.49. The lowest BCUT2D eigenvalue weighted by Gasteiger charge is -2.27. The number of alkyl halides is 2. The summed E-state index contributed by atoms with van der Waals surface area (Å²) in [6.07, 6.45) is -4.49. The van der Waals surface area contributed by atoms with Crippen LogP contribution in [0.15, 0.2) is 48.5 Å². The molecule has 7 heteroatoms. The molecule has 0 saturated carbocycles. The van der Waals surface area contributed by atoms with Crippen LogP contribution in [0, 0.1) is 5.41 Å². The van der Waals surface area contributed by atoms with Crippen LogP contribution in [-0.4, -0.2) is 36.7 Å². The zero-order chi connectivity index (χ0) is 20.3. The molecule has 1 amide bonds. The molecule has 2 aromatic carbocycles. The summed E-state index contributed by atoms with van der Waals surface area (Å²) in [7, 11) is 0. The normalized spacial score (nSPS) is 14.9. The van der Waals surface area contributed by atoms with Gasteiger partial charge in [-0.3, -0.25) is 4.79 Å². The smallest absolute Gasteiger partial charge is 0.407 e. The Morgan fingerprint density at radius 2 is 1.64 bits per heavy atom. The zero-order valence-electron chi connectivity index (χ0n) is 15.3. The van der Waals surface area contributed by atoms with E-state index in [4.69, 9.17) is 9.84 Å². The molecule has 1 unspecified atom stereocenters. The second-order valence-electron chi connectivity index (χ2n) is 7.20. The molecular formula is C21H21F2NO4. The first kappa shape index (κ1) is 19.8. The standard InChI is InChI=1S/C21H21F2NO4/c1-21(19(22)23,10-18(25)26)12-24-20(27)28-11-17-15-8-4-2-6-13(15)14-7-3-5-9-16(14)17/h2-9,17,19H,10-12H2,1H3,(H,24,27)(H,25,26). The van der Waals surface area contributed by atoms with Crippen molar-refractivity contribution in [1.82, 2.24) is 5.32 Å². The summed E-state index contributed by atoms with van der Waals surface area (Å²) < 4.78 is 31.7. The molecule has 0 heterocycles. The maximum atomic E-state index is 13.2. The van der Waals surface area contributed by atoms with Crippen molar-refractivity contribution in [1.29, 1.82) is 0 Å². The predicted molar refractivity (Wildman–Crippen MR) is 99.4 cm³/mol. The van der Waals surface area contributed by atoms with E-state index in [1.807, 2.05) is 48.5 Å². The van der Waals surface area contributed by atoms with Crippen molar-refractivity contribution in [2.75, 3.05) is 13.2 Å². The van der Waals surface area contributed by atoms with Crippen LogP contribution in [-0.2, 0) is 9.53 Å². The number of nitrogens with one attached hydrogen (secondary N) is 1. The number of carbonyl (C=O) groups excluding carboxylic acids is 1. The average Bonchev–Trinajstić information content (AvgIpc) is 2.98. The monoisotopic (exact) mass is 389 g/mol. The van der Waals surface area contributed by atoms with Crippen molar-refractivity contribution in [3.63, 3.8) is 0 Å². The summed E-state index contributed by atoms with van der Waals surface area (Å²) >= 11 is 0. The highest BCUT2D eigenvalue weighted by atomic mass is 19.3. The lowest BCUT2D eigenvalue weighted by molar-refractivity contribution is -0.142. The van der Waals surface area contributed by atoms with Crippen LogP contribution >= 0.6 is 0 Å². The second-order valence-corrected chi connectivity index (χ2v) is 7.20. The Kier molecular flexibility index (Phi) is 5.63. The van der Waals surface area contributed by atoms with E-state index in [0.717, 1.165) is 29.2 Å². The summed E-state index contributed by atoms with van der Waals surface area (Å²) in [4.78, 5) is 22.9. The van der Waals surface area contributed by atoms with Crippen molar-refractivity contribution in [2.24, 2.45) is 5.41 Å². The minimum atomic E-state index is -2.89. The minimum Gasteiger partial charge on any atom is -0.481 e. The molecule has 0 aliphatic heterocycles. The first-order chi connectivity index (χ1) is 13.3. The molecule has 2 aromatic rings. The molecule has 1 aliphatic rings. The Labute approximate surface area is 161 Å². The fraction of sp³-hybridized carbons (Fsp3) is 0.333. The number of amides is 1. The van der Waals surface area contributed by atoms with E-state index in [9.17, 15) is 18.4 Å². The number of alkyl carbamates (subject to hydrolysis) is 1. The van der Waals surface area contributed by atoms with E-state index in [0.29, 0.717) is 0 Å². The third-order valence-corrected chi connectivity index (χ3v) is 5.06. The number of rotatable bonds is 7. The SMILES string of the molecule is CC(CNC(=O)OCC1c2ccccc2-c2ccccc21)(CC(=O)O)C(F)F. The molecule has 5 nitrogen and oxygen atoms in total. The Morgan fingerprint density at radius 1 is 1.11 bits per heavy atom. The van der Waals surface area contributed by atoms with E-state index in [-0.39, 0.29) is 12.5 Å². The second kappa shape index (κ2) is 7.96. The first-order valence-electron chi connectivity index (χ1n) is 8.90. The fourth-order valence-corrected chi connectivity index (χ4v) is 3.49. The van der Waals surface area contributed by atoms with E-state index >= 15 is 0 Å². The molecule has 0 bridgehead atoms. The molecule has 3 rings (SSSR count).